The summed E-state index contributed by atoms with van der Waals surface area (Å²) < 4.78 is 5.30. The molecule has 0 amide bonds. The molecule has 1 unspecified atom stereocenters. The van der Waals surface area contributed by atoms with Gasteiger partial charge in [0.1, 0.15) is 12.1 Å². The summed E-state index contributed by atoms with van der Waals surface area (Å²) in [5, 5.41) is 3.43. The number of aromatic nitrogens is 2. The number of hydrogen-bond donors (Lipinski definition) is 1. The molecular weight excluding hydrogens is 214 g/mol. The molecule has 0 radical (unpaired) electrons. The normalized spacial score (nSPS) is 12.5. The first kappa shape index (κ1) is 11.8. The molecule has 4 nitrogen and oxygen atoms in total. The Hall–Kier alpha value is -1.68. The summed E-state index contributed by atoms with van der Waals surface area (Å²) in [6.07, 6.45) is 7.07. The van der Waals surface area contributed by atoms with Crippen LogP contribution in [0.5, 0.6) is 0 Å². The highest BCUT2D eigenvalue weighted by atomic mass is 16.3. The highest BCUT2D eigenvalue weighted by Crippen LogP contribution is 2.06. The number of nitrogens with zero attached hydrogens (tertiary/aromatic N) is 2. The van der Waals surface area contributed by atoms with E-state index in [1.54, 1.807) is 18.8 Å². The minimum Gasteiger partial charge on any atom is -0.469 e. The highest BCUT2D eigenvalue weighted by Gasteiger charge is 2.04. The van der Waals surface area contributed by atoms with Crippen LogP contribution in [-0.2, 0) is 13.0 Å². The molecular formula is C13H17N3O. The van der Waals surface area contributed by atoms with Crippen molar-refractivity contribution in [3.05, 3.63) is 48.4 Å². The Kier molecular flexibility index (Phi) is 4.27. The lowest BCUT2D eigenvalue weighted by Crippen LogP contribution is -2.26. The Morgan fingerprint density at radius 3 is 3.06 bits per heavy atom. The van der Waals surface area contributed by atoms with E-state index in [-0.39, 0.29) is 0 Å². The van der Waals surface area contributed by atoms with Crippen molar-refractivity contribution in [1.29, 1.82) is 0 Å². The quantitative estimate of drug-likeness (QED) is 0.828. The van der Waals surface area contributed by atoms with E-state index in [0.29, 0.717) is 6.04 Å². The SMILES string of the molecule is CC(CCc1ccco1)NCc1ccncn1. The van der Waals surface area contributed by atoms with Gasteiger partial charge in [-0.25, -0.2) is 9.97 Å². The second-order valence-corrected chi connectivity index (χ2v) is 4.10. The fourth-order valence-electron chi connectivity index (χ4n) is 1.62. The molecule has 2 aromatic heterocycles. The van der Waals surface area contributed by atoms with Crippen LogP contribution >= 0.6 is 0 Å². The maximum Gasteiger partial charge on any atom is 0.115 e. The first-order valence-electron chi connectivity index (χ1n) is 5.85. The molecule has 1 N–H and O–H groups in total. The maximum absolute atomic E-state index is 5.30. The van der Waals surface area contributed by atoms with Gasteiger partial charge in [-0.15, -0.1) is 0 Å². The average Bonchev–Trinajstić information content (AvgIpc) is 2.88. The minimum atomic E-state index is 0.440. The molecule has 0 saturated carbocycles. The fourth-order valence-corrected chi connectivity index (χ4v) is 1.62. The molecule has 1 atom stereocenters. The standard InChI is InChI=1S/C13H17N3O/c1-11(4-5-13-3-2-8-17-13)15-9-12-6-7-14-10-16-12/h2-3,6-8,10-11,15H,4-5,9H2,1H3. The molecule has 2 rings (SSSR count). The van der Waals surface area contributed by atoms with E-state index < -0.39 is 0 Å². The Morgan fingerprint density at radius 2 is 2.35 bits per heavy atom. The largest absolute Gasteiger partial charge is 0.469 e. The first-order chi connectivity index (χ1) is 8.34. The fraction of sp³-hybridized carbons (Fsp3) is 0.385. The van der Waals surface area contributed by atoms with Gasteiger partial charge in [0.2, 0.25) is 0 Å². The molecule has 0 spiro atoms. The Bertz CT molecular complexity index is 413. The summed E-state index contributed by atoms with van der Waals surface area (Å²) in [4.78, 5) is 8.06. The third-order valence-corrected chi connectivity index (χ3v) is 2.68. The van der Waals surface area contributed by atoms with Crippen molar-refractivity contribution in [3.63, 3.8) is 0 Å². The van der Waals surface area contributed by atoms with E-state index in [1.165, 1.54) is 0 Å². The van der Waals surface area contributed by atoms with Gasteiger partial charge in [-0.3, -0.25) is 0 Å². The summed E-state index contributed by atoms with van der Waals surface area (Å²) in [6.45, 7) is 2.95. The molecule has 0 bridgehead atoms. The number of furan rings is 1. The van der Waals surface area contributed by atoms with E-state index in [9.17, 15) is 0 Å². The molecule has 90 valence electrons. The van der Waals surface area contributed by atoms with Gasteiger partial charge in [0.15, 0.2) is 0 Å². The Balaban J connectivity index is 1.69. The Morgan fingerprint density at radius 1 is 1.41 bits per heavy atom. The van der Waals surface area contributed by atoms with Crippen molar-refractivity contribution in [2.24, 2.45) is 0 Å². The van der Waals surface area contributed by atoms with Crippen LogP contribution in [0.3, 0.4) is 0 Å². The lowest BCUT2D eigenvalue weighted by atomic mass is 10.1. The smallest absolute Gasteiger partial charge is 0.115 e. The van der Waals surface area contributed by atoms with E-state index in [2.05, 4.69) is 22.2 Å². The Labute approximate surface area is 101 Å². The molecule has 4 heteroatoms. The van der Waals surface area contributed by atoms with Crippen LogP contribution in [0.15, 0.2) is 41.4 Å². The zero-order valence-corrected chi connectivity index (χ0v) is 9.97. The van der Waals surface area contributed by atoms with Crippen molar-refractivity contribution in [2.45, 2.75) is 32.4 Å². The number of nitrogens with one attached hydrogen (secondary N) is 1. The zero-order valence-electron chi connectivity index (χ0n) is 9.97. The van der Waals surface area contributed by atoms with E-state index in [0.717, 1.165) is 30.8 Å². The lowest BCUT2D eigenvalue weighted by molar-refractivity contribution is 0.458. The summed E-state index contributed by atoms with van der Waals surface area (Å²) in [7, 11) is 0. The molecule has 17 heavy (non-hydrogen) atoms. The van der Waals surface area contributed by atoms with Crippen LogP contribution in [0.1, 0.15) is 24.8 Å². The lowest BCUT2D eigenvalue weighted by Gasteiger charge is -2.12. The minimum absolute atomic E-state index is 0.440. The van der Waals surface area contributed by atoms with Gasteiger partial charge in [-0.2, -0.15) is 0 Å². The van der Waals surface area contributed by atoms with Gasteiger partial charge in [0.05, 0.1) is 12.0 Å². The van der Waals surface area contributed by atoms with Crippen molar-refractivity contribution in [3.8, 4) is 0 Å². The van der Waals surface area contributed by atoms with Gasteiger partial charge in [0.25, 0.3) is 0 Å². The van der Waals surface area contributed by atoms with Gasteiger partial charge < -0.3 is 9.73 Å². The summed E-state index contributed by atoms with van der Waals surface area (Å²) >= 11 is 0. The van der Waals surface area contributed by atoms with Crippen LogP contribution in [0, 0.1) is 0 Å². The molecule has 0 fully saturated rings. The van der Waals surface area contributed by atoms with E-state index in [1.807, 2.05) is 18.2 Å². The van der Waals surface area contributed by atoms with E-state index in [4.69, 9.17) is 4.42 Å². The third-order valence-electron chi connectivity index (χ3n) is 2.68. The van der Waals surface area contributed by atoms with Crippen molar-refractivity contribution in [2.75, 3.05) is 0 Å². The topological polar surface area (TPSA) is 51.0 Å². The maximum atomic E-state index is 5.30. The molecule has 2 aromatic rings. The molecule has 2 heterocycles. The molecule has 0 saturated heterocycles. The summed E-state index contributed by atoms with van der Waals surface area (Å²) in [5.74, 6) is 1.04. The van der Waals surface area contributed by atoms with Crippen LogP contribution in [-0.4, -0.2) is 16.0 Å². The van der Waals surface area contributed by atoms with Crippen LogP contribution < -0.4 is 5.32 Å². The second kappa shape index (κ2) is 6.15. The third kappa shape index (κ3) is 4.00. The highest BCUT2D eigenvalue weighted by molar-refractivity contribution is 4.99. The van der Waals surface area contributed by atoms with Crippen molar-refractivity contribution >= 4 is 0 Å². The predicted molar refractivity (Wildman–Crippen MR) is 65.4 cm³/mol. The molecule has 0 aromatic carbocycles. The zero-order chi connectivity index (χ0) is 11.9. The van der Waals surface area contributed by atoms with E-state index >= 15 is 0 Å². The van der Waals surface area contributed by atoms with Crippen LogP contribution in [0.25, 0.3) is 0 Å². The number of rotatable bonds is 6. The van der Waals surface area contributed by atoms with Crippen molar-refractivity contribution in [1.82, 2.24) is 15.3 Å². The molecule has 0 aliphatic rings. The number of hydrogen-bond acceptors (Lipinski definition) is 4. The first-order valence-corrected chi connectivity index (χ1v) is 5.85. The summed E-state index contributed by atoms with van der Waals surface area (Å²) in [6, 6.07) is 6.30. The summed E-state index contributed by atoms with van der Waals surface area (Å²) in [5.41, 5.74) is 1.02. The second-order valence-electron chi connectivity index (χ2n) is 4.10. The van der Waals surface area contributed by atoms with Crippen LogP contribution in [0.2, 0.25) is 0 Å². The van der Waals surface area contributed by atoms with Gasteiger partial charge in [-0.05, 0) is 31.5 Å². The van der Waals surface area contributed by atoms with Crippen LogP contribution in [0.4, 0.5) is 0 Å². The molecule has 0 aliphatic carbocycles. The van der Waals surface area contributed by atoms with Gasteiger partial charge in [0, 0.05) is 25.2 Å². The monoisotopic (exact) mass is 231 g/mol. The van der Waals surface area contributed by atoms with Crippen molar-refractivity contribution < 1.29 is 4.42 Å². The number of aryl methyl sites for hydroxylation is 1. The van der Waals surface area contributed by atoms with Gasteiger partial charge >= 0.3 is 0 Å². The van der Waals surface area contributed by atoms with Gasteiger partial charge in [-0.1, -0.05) is 0 Å². The molecule has 0 aliphatic heterocycles. The predicted octanol–water partition coefficient (Wildman–Crippen LogP) is 2.18. The average molecular weight is 231 g/mol.